The number of pyridine rings is 2. The Bertz CT molecular complexity index is 1400. The van der Waals surface area contributed by atoms with E-state index in [-0.39, 0.29) is 36.5 Å². The molecule has 3 aromatic rings. The van der Waals surface area contributed by atoms with E-state index in [9.17, 15) is 14.7 Å². The third-order valence-electron chi connectivity index (χ3n) is 6.64. The number of hydrogen-bond acceptors (Lipinski definition) is 8. The van der Waals surface area contributed by atoms with Crippen LogP contribution in [0.15, 0.2) is 23.0 Å². The zero-order chi connectivity index (χ0) is 26.7. The third kappa shape index (κ3) is 4.94. The molecule has 0 saturated carbocycles. The Hall–Kier alpha value is -3.76. The van der Waals surface area contributed by atoms with Gasteiger partial charge in [-0.25, -0.2) is 4.98 Å². The van der Waals surface area contributed by atoms with Crippen molar-refractivity contribution in [1.82, 2.24) is 9.55 Å². The molecule has 0 aliphatic carbocycles. The van der Waals surface area contributed by atoms with Crippen LogP contribution in [0, 0.1) is 5.92 Å². The quantitative estimate of drug-likeness (QED) is 0.345. The lowest BCUT2D eigenvalue weighted by Gasteiger charge is -2.14. The summed E-state index contributed by atoms with van der Waals surface area (Å²) in [4.78, 5) is 38.3. The summed E-state index contributed by atoms with van der Waals surface area (Å²) in [6.45, 7) is 4.99. The predicted molar refractivity (Wildman–Crippen MR) is 136 cm³/mol. The summed E-state index contributed by atoms with van der Waals surface area (Å²) < 4.78 is 18.1. The molecule has 0 spiro atoms. The van der Waals surface area contributed by atoms with Gasteiger partial charge >= 0.3 is 0 Å². The van der Waals surface area contributed by atoms with Crippen LogP contribution in [-0.4, -0.2) is 41.3 Å². The summed E-state index contributed by atoms with van der Waals surface area (Å²) in [7, 11) is 1.48. The summed E-state index contributed by atoms with van der Waals surface area (Å²) in [6.07, 6.45) is 2.20. The molecule has 1 aromatic carbocycles. The highest BCUT2D eigenvalue weighted by atomic mass is 16.7. The van der Waals surface area contributed by atoms with Crippen LogP contribution in [0.1, 0.15) is 55.0 Å². The van der Waals surface area contributed by atoms with Crippen LogP contribution >= 0.6 is 0 Å². The number of carbonyl (C=O) groups excluding carboxylic acids is 2. The summed E-state index contributed by atoms with van der Waals surface area (Å²) in [5.74, 6) is 1.94. The fourth-order valence-electron chi connectivity index (χ4n) is 4.96. The lowest BCUT2D eigenvalue weighted by molar-refractivity contribution is -0.115. The van der Waals surface area contributed by atoms with Crippen LogP contribution < -0.4 is 20.8 Å². The Balaban J connectivity index is 0.00000102. The molecule has 196 valence electrons. The van der Waals surface area contributed by atoms with E-state index in [0.717, 1.165) is 41.3 Å². The number of aromatic nitrogens is 2. The highest BCUT2D eigenvalue weighted by Crippen LogP contribution is 2.42. The molecule has 4 heterocycles. The van der Waals surface area contributed by atoms with Gasteiger partial charge in [0.15, 0.2) is 17.8 Å². The van der Waals surface area contributed by atoms with Crippen LogP contribution in [0.2, 0.25) is 0 Å². The molecule has 2 aliphatic heterocycles. The fraction of sp³-hybridized carbons (Fsp3) is 0.407. The smallest absolute Gasteiger partial charge is 0.257 e. The molecule has 2 aliphatic rings. The maximum Gasteiger partial charge on any atom is 0.257 e. The Labute approximate surface area is 214 Å². The minimum absolute atomic E-state index is 0.00768. The van der Waals surface area contributed by atoms with E-state index in [1.165, 1.54) is 7.11 Å². The standard InChI is InChI=1S/C26H28N2O6.CH3NO/c1-14(2)5-4-6-15-16-8-23-24(34-13-33-23)9-20(16)27-25-18(15)10-28-21(25)7-17(22(30)11-29)19(12-32-3)26(28)31;2-1-3/h7-9,11,14,22,30H,4-6,10,12-13H2,1-3H3;1H,(H2,2,3). The maximum absolute atomic E-state index is 13.4. The number of benzene rings is 1. The van der Waals surface area contributed by atoms with Gasteiger partial charge in [-0.1, -0.05) is 20.3 Å². The second-order valence-corrected chi connectivity index (χ2v) is 9.43. The molecule has 1 atom stereocenters. The van der Waals surface area contributed by atoms with E-state index in [1.54, 1.807) is 10.6 Å². The van der Waals surface area contributed by atoms with Gasteiger partial charge in [-0.15, -0.1) is 0 Å². The molecular weight excluding hydrogens is 478 g/mol. The molecule has 10 heteroatoms. The molecular formula is C27H31N3O7. The van der Waals surface area contributed by atoms with Gasteiger partial charge in [0.2, 0.25) is 13.2 Å². The minimum atomic E-state index is -1.41. The van der Waals surface area contributed by atoms with Crippen molar-refractivity contribution >= 4 is 23.6 Å². The number of carbonyl (C=O) groups is 2. The Kier molecular flexibility index (Phi) is 7.89. The van der Waals surface area contributed by atoms with Gasteiger partial charge in [-0.05, 0) is 36.5 Å². The van der Waals surface area contributed by atoms with Crippen molar-refractivity contribution in [2.24, 2.45) is 11.7 Å². The van der Waals surface area contributed by atoms with Crippen molar-refractivity contribution in [2.75, 3.05) is 13.9 Å². The number of aliphatic hydroxyl groups excluding tert-OH is 1. The summed E-state index contributed by atoms with van der Waals surface area (Å²) in [5, 5.41) is 11.3. The van der Waals surface area contributed by atoms with Gasteiger partial charge in [0, 0.05) is 35.3 Å². The number of methoxy groups -OCH3 is 1. The number of hydrogen-bond donors (Lipinski definition) is 2. The van der Waals surface area contributed by atoms with Crippen LogP contribution in [0.5, 0.6) is 11.5 Å². The van der Waals surface area contributed by atoms with E-state index in [4.69, 9.17) is 24.0 Å². The van der Waals surface area contributed by atoms with E-state index in [2.05, 4.69) is 19.6 Å². The molecule has 0 bridgehead atoms. The number of amides is 1. The first-order chi connectivity index (χ1) is 17.8. The molecule has 3 N–H and O–H groups in total. The van der Waals surface area contributed by atoms with Gasteiger partial charge < -0.3 is 34.4 Å². The van der Waals surface area contributed by atoms with Gasteiger partial charge in [0.25, 0.3) is 5.56 Å². The molecule has 1 unspecified atom stereocenters. The first-order valence-electron chi connectivity index (χ1n) is 12.1. The first-order valence-corrected chi connectivity index (χ1v) is 12.1. The van der Waals surface area contributed by atoms with Gasteiger partial charge in [0.1, 0.15) is 6.10 Å². The average Bonchev–Trinajstić information content (AvgIpc) is 3.48. The number of fused-ring (bicyclic) bond motifs is 5. The van der Waals surface area contributed by atoms with Crippen LogP contribution in [0.3, 0.4) is 0 Å². The van der Waals surface area contributed by atoms with Gasteiger partial charge in [-0.2, -0.15) is 0 Å². The van der Waals surface area contributed by atoms with E-state index in [0.29, 0.717) is 41.6 Å². The lowest BCUT2D eigenvalue weighted by Crippen LogP contribution is -2.26. The fourth-order valence-corrected chi connectivity index (χ4v) is 4.96. The molecule has 0 radical (unpaired) electrons. The van der Waals surface area contributed by atoms with E-state index >= 15 is 0 Å². The molecule has 10 nitrogen and oxygen atoms in total. The first kappa shape index (κ1) is 26.3. The van der Waals surface area contributed by atoms with E-state index in [1.807, 2.05) is 12.1 Å². The highest BCUT2D eigenvalue weighted by molar-refractivity contribution is 5.90. The summed E-state index contributed by atoms with van der Waals surface area (Å²) in [6, 6.07) is 5.56. The van der Waals surface area contributed by atoms with Crippen LogP contribution in [0.25, 0.3) is 22.3 Å². The number of nitrogens with two attached hydrogens (primary N) is 1. The minimum Gasteiger partial charge on any atom is -0.454 e. The highest BCUT2D eigenvalue weighted by Gasteiger charge is 2.30. The van der Waals surface area contributed by atoms with Gasteiger partial charge in [0.05, 0.1) is 30.1 Å². The Morgan fingerprint density at radius 3 is 2.54 bits per heavy atom. The lowest BCUT2D eigenvalue weighted by atomic mass is 9.94. The number of aldehydes is 1. The van der Waals surface area contributed by atoms with Crippen molar-refractivity contribution in [3.8, 4) is 22.9 Å². The van der Waals surface area contributed by atoms with E-state index < -0.39 is 6.10 Å². The number of aliphatic hydroxyl groups is 1. The van der Waals surface area contributed by atoms with Gasteiger partial charge in [-0.3, -0.25) is 9.59 Å². The van der Waals surface area contributed by atoms with Crippen LogP contribution in [0.4, 0.5) is 0 Å². The van der Waals surface area contributed by atoms with Crippen molar-refractivity contribution < 1.29 is 28.9 Å². The normalized spacial score (nSPS) is 13.6. The van der Waals surface area contributed by atoms with Crippen molar-refractivity contribution in [2.45, 2.75) is 52.4 Å². The largest absolute Gasteiger partial charge is 0.454 e. The zero-order valence-corrected chi connectivity index (χ0v) is 21.2. The average molecular weight is 510 g/mol. The van der Waals surface area contributed by atoms with Crippen molar-refractivity contribution in [3.05, 3.63) is 50.8 Å². The number of primary amides is 1. The molecule has 1 amide bonds. The SMILES string of the molecule is COCc1c(C(O)C=O)cc2n(c1=O)Cc1c-2nc2cc3c(cc2c1CCCC(C)C)OCO3.NC=O. The monoisotopic (exact) mass is 509 g/mol. The Morgan fingerprint density at radius 1 is 1.19 bits per heavy atom. The molecule has 5 rings (SSSR count). The third-order valence-corrected chi connectivity index (χ3v) is 6.64. The number of rotatable bonds is 8. The summed E-state index contributed by atoms with van der Waals surface area (Å²) in [5.41, 5.74) is 8.63. The number of aryl methyl sites for hydroxylation is 1. The molecule has 37 heavy (non-hydrogen) atoms. The summed E-state index contributed by atoms with van der Waals surface area (Å²) >= 11 is 0. The maximum atomic E-state index is 13.4. The van der Waals surface area contributed by atoms with Crippen LogP contribution in [-0.2, 0) is 33.9 Å². The molecule has 0 fully saturated rings. The van der Waals surface area contributed by atoms with Crippen molar-refractivity contribution in [3.63, 3.8) is 0 Å². The Morgan fingerprint density at radius 2 is 1.89 bits per heavy atom. The zero-order valence-electron chi connectivity index (χ0n) is 21.2. The molecule has 0 saturated heterocycles. The second-order valence-electron chi connectivity index (χ2n) is 9.43. The molecule has 2 aromatic heterocycles. The number of ether oxygens (including phenoxy) is 3. The number of nitrogens with zero attached hydrogens (tertiary/aromatic N) is 2. The van der Waals surface area contributed by atoms with Crippen molar-refractivity contribution in [1.29, 1.82) is 0 Å². The second kappa shape index (κ2) is 11.1. The topological polar surface area (TPSA) is 143 Å². The predicted octanol–water partition coefficient (Wildman–Crippen LogP) is 2.61.